The molecule has 5 nitrogen and oxygen atoms in total. The minimum Gasteiger partial charge on any atom is -0.445 e. The summed E-state index contributed by atoms with van der Waals surface area (Å²) in [6, 6.07) is 19.3. The molecule has 0 aromatic heterocycles. The van der Waals surface area contributed by atoms with E-state index in [1.54, 1.807) is 0 Å². The third kappa shape index (κ3) is 9.72. The lowest BCUT2D eigenvalue weighted by Gasteiger charge is -2.22. The Morgan fingerprint density at radius 2 is 1.62 bits per heavy atom. The van der Waals surface area contributed by atoms with Crippen molar-refractivity contribution in [3.63, 3.8) is 0 Å². The van der Waals surface area contributed by atoms with E-state index >= 15 is 0 Å². The number of rotatable bonds is 12. The molecule has 1 amide bonds. The predicted molar refractivity (Wildman–Crippen MR) is 113 cm³/mol. The number of allylic oxidation sites excluding steroid dienone is 2. The monoisotopic (exact) mass is 395 g/mol. The van der Waals surface area contributed by atoms with Gasteiger partial charge in [0.25, 0.3) is 0 Å². The topological polar surface area (TPSA) is 64.6 Å². The van der Waals surface area contributed by atoms with Gasteiger partial charge in [-0.05, 0) is 36.0 Å². The Kier molecular flexibility index (Phi) is 10.3. The summed E-state index contributed by atoms with van der Waals surface area (Å²) in [7, 11) is 0. The molecule has 0 unspecified atom stereocenters. The maximum atomic E-state index is 12.3. The van der Waals surface area contributed by atoms with Crippen LogP contribution in [0.25, 0.3) is 0 Å². The highest BCUT2D eigenvalue weighted by Gasteiger charge is 2.17. The molecule has 2 rings (SSSR count). The Bertz CT molecular complexity index is 746. The van der Waals surface area contributed by atoms with Gasteiger partial charge in [0.1, 0.15) is 12.9 Å². The maximum Gasteiger partial charge on any atom is 0.407 e. The molecule has 0 bridgehead atoms. The fourth-order valence-corrected chi connectivity index (χ4v) is 2.94. The molecule has 0 saturated carbocycles. The average molecular weight is 395 g/mol. The van der Waals surface area contributed by atoms with E-state index in [9.17, 15) is 9.59 Å². The minimum absolute atomic E-state index is 0.179. The Labute approximate surface area is 172 Å². The van der Waals surface area contributed by atoms with Crippen molar-refractivity contribution in [2.45, 2.75) is 39.0 Å². The van der Waals surface area contributed by atoms with Crippen molar-refractivity contribution in [3.8, 4) is 0 Å². The summed E-state index contributed by atoms with van der Waals surface area (Å²) >= 11 is 0. The first kappa shape index (κ1) is 22.4. The number of hydrogen-bond acceptors (Lipinski definition) is 4. The molecule has 0 heterocycles. The first-order chi connectivity index (χ1) is 14.2. The number of amides is 1. The molecule has 5 heteroatoms. The van der Waals surface area contributed by atoms with Crippen LogP contribution in [-0.4, -0.2) is 25.0 Å². The Morgan fingerprint density at radius 3 is 2.24 bits per heavy atom. The van der Waals surface area contributed by atoms with Crippen LogP contribution < -0.4 is 5.32 Å². The van der Waals surface area contributed by atoms with Gasteiger partial charge in [-0.1, -0.05) is 73.7 Å². The summed E-state index contributed by atoms with van der Waals surface area (Å²) < 4.78 is 11.2. The van der Waals surface area contributed by atoms with Gasteiger partial charge in [-0.3, -0.25) is 4.79 Å². The molecule has 0 radical (unpaired) electrons. The first-order valence-electron chi connectivity index (χ1n) is 9.86. The fourth-order valence-electron chi connectivity index (χ4n) is 2.94. The van der Waals surface area contributed by atoms with Gasteiger partial charge in [0.2, 0.25) is 0 Å². The molecule has 154 valence electrons. The lowest BCUT2D eigenvalue weighted by molar-refractivity contribution is -0.104. The zero-order chi connectivity index (χ0) is 20.7. The third-order valence-corrected chi connectivity index (χ3v) is 4.41. The summed E-state index contributed by atoms with van der Waals surface area (Å²) in [5.74, 6) is 0.283. The summed E-state index contributed by atoms with van der Waals surface area (Å²) in [4.78, 5) is 22.7. The normalized spacial score (nSPS) is 13.0. The standard InChI is InChI=1S/C24H29NO4/c1-20(10-8-9-15-26)16-23(19-28-17-21-11-4-2-5-12-21)25-24(27)29-18-22-13-6-3-7-14-22/h2-9,11-15,20,23H,10,16-19H2,1H3,(H,25,27)/b9-8+/t20-,23-/m0/s1. The van der Waals surface area contributed by atoms with E-state index < -0.39 is 6.09 Å². The summed E-state index contributed by atoms with van der Waals surface area (Å²) in [5, 5.41) is 2.92. The smallest absolute Gasteiger partial charge is 0.407 e. The largest absolute Gasteiger partial charge is 0.445 e. The van der Waals surface area contributed by atoms with Crippen LogP contribution in [0, 0.1) is 5.92 Å². The van der Waals surface area contributed by atoms with Crippen LogP contribution in [0.15, 0.2) is 72.8 Å². The lowest BCUT2D eigenvalue weighted by atomic mass is 9.98. The summed E-state index contributed by atoms with van der Waals surface area (Å²) in [5.41, 5.74) is 2.02. The van der Waals surface area contributed by atoms with Gasteiger partial charge < -0.3 is 14.8 Å². The molecular formula is C24H29NO4. The van der Waals surface area contributed by atoms with Gasteiger partial charge in [0.15, 0.2) is 0 Å². The van der Waals surface area contributed by atoms with Crippen LogP contribution in [0.1, 0.15) is 30.9 Å². The Morgan fingerprint density at radius 1 is 1.00 bits per heavy atom. The van der Waals surface area contributed by atoms with Crippen LogP contribution >= 0.6 is 0 Å². The van der Waals surface area contributed by atoms with Crippen molar-refractivity contribution in [3.05, 3.63) is 83.9 Å². The zero-order valence-corrected chi connectivity index (χ0v) is 16.8. The number of benzene rings is 2. The number of nitrogens with one attached hydrogen (secondary N) is 1. The maximum absolute atomic E-state index is 12.3. The molecular weight excluding hydrogens is 366 g/mol. The van der Waals surface area contributed by atoms with Crippen molar-refractivity contribution in [2.24, 2.45) is 5.92 Å². The molecule has 0 fully saturated rings. The van der Waals surface area contributed by atoms with Gasteiger partial charge in [-0.2, -0.15) is 0 Å². The van der Waals surface area contributed by atoms with E-state index in [1.165, 1.54) is 6.08 Å². The van der Waals surface area contributed by atoms with Crippen molar-refractivity contribution in [1.29, 1.82) is 0 Å². The fraction of sp³-hybridized carbons (Fsp3) is 0.333. The first-order valence-corrected chi connectivity index (χ1v) is 9.86. The second kappa shape index (κ2) is 13.3. The predicted octanol–water partition coefficient (Wildman–Crippen LogP) is 4.67. The quantitative estimate of drug-likeness (QED) is 0.419. The number of carbonyl (C=O) groups excluding carboxylic acids is 2. The van der Waals surface area contributed by atoms with Crippen molar-refractivity contribution >= 4 is 12.4 Å². The van der Waals surface area contributed by atoms with Crippen molar-refractivity contribution < 1.29 is 19.1 Å². The van der Waals surface area contributed by atoms with E-state index in [2.05, 4.69) is 12.2 Å². The summed E-state index contributed by atoms with van der Waals surface area (Å²) in [6.07, 6.45) is 5.13. The van der Waals surface area contributed by atoms with E-state index in [4.69, 9.17) is 9.47 Å². The Balaban J connectivity index is 1.84. The van der Waals surface area contributed by atoms with Crippen LogP contribution in [0.5, 0.6) is 0 Å². The number of aldehydes is 1. The molecule has 2 atom stereocenters. The number of ether oxygens (including phenoxy) is 2. The van der Waals surface area contributed by atoms with Crippen LogP contribution in [-0.2, 0) is 27.5 Å². The van der Waals surface area contributed by atoms with E-state index in [-0.39, 0.29) is 18.6 Å². The molecule has 0 aliphatic carbocycles. The molecule has 0 spiro atoms. The second-order valence-corrected chi connectivity index (χ2v) is 7.04. The molecule has 0 saturated heterocycles. The van der Waals surface area contributed by atoms with Crippen molar-refractivity contribution in [2.75, 3.05) is 6.61 Å². The number of alkyl carbamates (subject to hydrolysis) is 1. The van der Waals surface area contributed by atoms with Gasteiger partial charge in [0, 0.05) is 0 Å². The van der Waals surface area contributed by atoms with E-state index in [0.717, 1.165) is 30.3 Å². The highest BCUT2D eigenvalue weighted by Crippen LogP contribution is 2.13. The van der Waals surface area contributed by atoms with Gasteiger partial charge in [-0.15, -0.1) is 0 Å². The van der Waals surface area contributed by atoms with Crippen molar-refractivity contribution in [1.82, 2.24) is 5.32 Å². The van der Waals surface area contributed by atoms with Crippen LogP contribution in [0.3, 0.4) is 0 Å². The van der Waals surface area contributed by atoms with Gasteiger partial charge in [0.05, 0.1) is 19.3 Å². The van der Waals surface area contributed by atoms with Gasteiger partial charge >= 0.3 is 6.09 Å². The SMILES string of the molecule is C[C@@H](C/C=C/C=O)C[C@@H](COCc1ccccc1)NC(=O)OCc1ccccc1. The van der Waals surface area contributed by atoms with Gasteiger partial charge in [-0.25, -0.2) is 4.79 Å². The molecule has 0 aliphatic heterocycles. The molecule has 1 N–H and O–H groups in total. The van der Waals surface area contributed by atoms with Crippen LogP contribution in [0.4, 0.5) is 4.79 Å². The number of hydrogen-bond donors (Lipinski definition) is 1. The highest BCUT2D eigenvalue weighted by atomic mass is 16.5. The highest BCUT2D eigenvalue weighted by molar-refractivity contribution is 5.67. The molecule has 2 aromatic rings. The molecule has 29 heavy (non-hydrogen) atoms. The molecule has 2 aromatic carbocycles. The lowest BCUT2D eigenvalue weighted by Crippen LogP contribution is -2.39. The number of carbonyl (C=O) groups is 2. The van der Waals surface area contributed by atoms with Crippen LogP contribution in [0.2, 0.25) is 0 Å². The second-order valence-electron chi connectivity index (χ2n) is 7.04. The van der Waals surface area contributed by atoms with E-state index in [1.807, 2.05) is 66.7 Å². The third-order valence-electron chi connectivity index (χ3n) is 4.41. The minimum atomic E-state index is -0.460. The average Bonchev–Trinajstić information content (AvgIpc) is 2.74. The zero-order valence-electron chi connectivity index (χ0n) is 16.8. The summed E-state index contributed by atoms with van der Waals surface area (Å²) in [6.45, 7) is 3.17. The Hall–Kier alpha value is -2.92. The molecule has 0 aliphatic rings. The van der Waals surface area contributed by atoms with E-state index in [0.29, 0.717) is 13.2 Å².